The summed E-state index contributed by atoms with van der Waals surface area (Å²) in [4.78, 5) is 13.6. The summed E-state index contributed by atoms with van der Waals surface area (Å²) >= 11 is 0. The number of ketones is 1. The van der Waals surface area contributed by atoms with Gasteiger partial charge in [-0.25, -0.2) is 0 Å². The lowest BCUT2D eigenvalue weighted by Crippen LogP contribution is -2.62. The Morgan fingerprint density at radius 1 is 0.791 bits per heavy atom. The molecule has 1 fully saturated rings. The van der Waals surface area contributed by atoms with Crippen LogP contribution in [-0.4, -0.2) is 63.6 Å². The van der Waals surface area contributed by atoms with E-state index < -0.39 is 17.7 Å². The van der Waals surface area contributed by atoms with Crippen LogP contribution >= 0.6 is 0 Å². The molecule has 0 N–H and O–H groups in total. The van der Waals surface area contributed by atoms with Crippen molar-refractivity contribution in [3.05, 3.63) is 42.0 Å². The number of unbranched alkanes of at least 4 members (excludes halogenated alkanes) is 5. The van der Waals surface area contributed by atoms with Crippen LogP contribution in [0.1, 0.15) is 122 Å². The number of carbonyl (C=O) groups is 1. The van der Waals surface area contributed by atoms with E-state index in [1.807, 2.05) is 30.3 Å². The Balaban J connectivity index is 2.52. The fourth-order valence-electron chi connectivity index (χ4n) is 5.37. The normalized spacial score (nSPS) is 21.8. The van der Waals surface area contributed by atoms with E-state index in [-0.39, 0.29) is 11.7 Å². The van der Waals surface area contributed by atoms with Gasteiger partial charge in [0.25, 0.3) is 0 Å². The number of ether oxygens (including phenoxy) is 6. The molecule has 3 unspecified atom stereocenters. The zero-order valence-corrected chi connectivity index (χ0v) is 28.0. The first-order valence-electron chi connectivity index (χ1n) is 17.0. The summed E-state index contributed by atoms with van der Waals surface area (Å²) in [6.07, 6.45) is 13.8. The summed E-state index contributed by atoms with van der Waals surface area (Å²) < 4.78 is 38.7. The molecule has 0 spiro atoms. The van der Waals surface area contributed by atoms with Crippen molar-refractivity contribution in [2.24, 2.45) is 5.92 Å². The van der Waals surface area contributed by atoms with Gasteiger partial charge >= 0.3 is 0 Å². The first-order chi connectivity index (χ1) is 20.9. The molecule has 0 saturated heterocycles. The highest BCUT2D eigenvalue weighted by atomic mass is 16.7. The minimum absolute atomic E-state index is 0.107. The summed E-state index contributed by atoms with van der Waals surface area (Å²) in [5, 5.41) is 0. The predicted octanol–water partition coefficient (Wildman–Crippen LogP) is 8.69. The number of allylic oxidation sites excluding steroid dienone is 1. The highest BCUT2D eigenvalue weighted by Gasteiger charge is 2.58. The summed E-state index contributed by atoms with van der Waals surface area (Å²) in [5.41, 5.74) is 0.552. The third kappa shape index (κ3) is 11.9. The van der Waals surface area contributed by atoms with Crippen molar-refractivity contribution in [1.29, 1.82) is 0 Å². The van der Waals surface area contributed by atoms with Crippen LogP contribution in [0.5, 0.6) is 5.75 Å². The van der Waals surface area contributed by atoms with E-state index in [0.29, 0.717) is 57.2 Å². The molecule has 1 saturated carbocycles. The van der Waals surface area contributed by atoms with E-state index in [4.69, 9.17) is 28.4 Å². The van der Waals surface area contributed by atoms with Crippen LogP contribution in [-0.2, 0) is 23.7 Å². The number of benzene rings is 1. The van der Waals surface area contributed by atoms with Gasteiger partial charge in [0, 0.05) is 26.1 Å². The lowest BCUT2D eigenvalue weighted by Gasteiger charge is -2.52. The molecule has 43 heavy (non-hydrogen) atoms. The quantitative estimate of drug-likeness (QED) is 0.0506. The summed E-state index contributed by atoms with van der Waals surface area (Å²) in [7, 11) is 1.69. The van der Waals surface area contributed by atoms with Crippen LogP contribution in [0.15, 0.2) is 36.4 Å². The Morgan fingerprint density at radius 3 is 1.95 bits per heavy atom. The van der Waals surface area contributed by atoms with Crippen LogP contribution in [0, 0.1) is 5.92 Å². The molecule has 7 heteroatoms. The van der Waals surface area contributed by atoms with E-state index in [2.05, 4.69) is 34.6 Å². The second kappa shape index (κ2) is 21.1. The van der Waals surface area contributed by atoms with E-state index in [9.17, 15) is 4.79 Å². The lowest BCUT2D eigenvalue weighted by molar-refractivity contribution is -0.371. The predicted molar refractivity (Wildman–Crippen MR) is 173 cm³/mol. The topological polar surface area (TPSA) is 72.5 Å². The van der Waals surface area contributed by atoms with Crippen molar-refractivity contribution in [2.45, 2.75) is 129 Å². The average molecular weight is 605 g/mol. The smallest absolute Gasteiger partial charge is 0.200 e. The molecule has 2 rings (SSSR count). The molecule has 3 atom stereocenters. The van der Waals surface area contributed by atoms with Crippen LogP contribution in [0.25, 0.3) is 0 Å². The molecule has 246 valence electrons. The van der Waals surface area contributed by atoms with Gasteiger partial charge in [0.1, 0.15) is 11.9 Å². The molecule has 7 nitrogen and oxygen atoms in total. The molecule has 1 aliphatic carbocycles. The molecular weight excluding hydrogens is 544 g/mol. The molecule has 1 aromatic carbocycles. The van der Waals surface area contributed by atoms with Gasteiger partial charge in [-0.15, -0.1) is 0 Å². The third-order valence-corrected chi connectivity index (χ3v) is 8.00. The second-order valence-corrected chi connectivity index (χ2v) is 11.6. The van der Waals surface area contributed by atoms with Crippen molar-refractivity contribution in [1.82, 2.24) is 0 Å². The van der Waals surface area contributed by atoms with E-state index in [1.165, 1.54) is 0 Å². The maximum atomic E-state index is 13.6. The van der Waals surface area contributed by atoms with Crippen LogP contribution in [0.3, 0.4) is 0 Å². The number of hydrogen-bond acceptors (Lipinski definition) is 7. The Kier molecular flexibility index (Phi) is 18.3. The number of methoxy groups -OCH3 is 1. The third-order valence-electron chi connectivity index (χ3n) is 8.00. The van der Waals surface area contributed by atoms with Gasteiger partial charge in [-0.05, 0) is 50.3 Å². The van der Waals surface area contributed by atoms with Gasteiger partial charge in [-0.2, -0.15) is 0 Å². The number of rotatable bonds is 24. The zero-order chi connectivity index (χ0) is 31.4. The zero-order valence-electron chi connectivity index (χ0n) is 28.0. The SMILES string of the molecule is CCCCOc1ccccc1C(=O)/C=C/C1CC(OCCCC)(OCCCC)CC(OC)(OCCCC)C1OCCCC. The molecule has 0 heterocycles. The van der Waals surface area contributed by atoms with Crippen molar-refractivity contribution < 1.29 is 33.2 Å². The Hall–Kier alpha value is -1.77. The molecule has 0 amide bonds. The standard InChI is InChI=1S/C36H60O7/c1-7-12-23-39-33-20-18-17-19-31(33)32(37)22-21-30-28-35(41-25-14-9-3,42-26-15-10-4)29-36(38-6,43-27-16-11-5)34(30)40-24-13-8-2/h17-22,30,34H,7-16,23-29H2,1-6H3/b22-21+. The molecule has 0 aliphatic heterocycles. The Morgan fingerprint density at radius 2 is 1.35 bits per heavy atom. The first kappa shape index (κ1) is 37.4. The second-order valence-electron chi connectivity index (χ2n) is 11.6. The van der Waals surface area contributed by atoms with Crippen LogP contribution < -0.4 is 4.74 Å². The van der Waals surface area contributed by atoms with Crippen LogP contribution in [0.4, 0.5) is 0 Å². The van der Waals surface area contributed by atoms with E-state index in [0.717, 1.165) is 64.2 Å². The molecule has 0 aromatic heterocycles. The van der Waals surface area contributed by atoms with Gasteiger partial charge in [0.05, 0.1) is 38.4 Å². The molecule has 0 radical (unpaired) electrons. The van der Waals surface area contributed by atoms with Crippen molar-refractivity contribution in [3.8, 4) is 5.75 Å². The molecule has 1 aliphatic rings. The first-order valence-corrected chi connectivity index (χ1v) is 17.0. The van der Waals surface area contributed by atoms with Gasteiger partial charge in [-0.1, -0.05) is 84.9 Å². The van der Waals surface area contributed by atoms with Crippen molar-refractivity contribution in [2.75, 3.05) is 40.1 Å². The fraction of sp³-hybridized carbons (Fsp3) is 0.750. The van der Waals surface area contributed by atoms with Crippen molar-refractivity contribution >= 4 is 5.78 Å². The minimum Gasteiger partial charge on any atom is -0.493 e. The van der Waals surface area contributed by atoms with Crippen molar-refractivity contribution in [3.63, 3.8) is 0 Å². The number of para-hydroxylation sites is 1. The monoisotopic (exact) mass is 604 g/mol. The summed E-state index contributed by atoms with van der Waals surface area (Å²) in [6.45, 7) is 13.6. The number of hydrogen-bond donors (Lipinski definition) is 0. The highest BCUT2D eigenvalue weighted by molar-refractivity contribution is 6.06. The van der Waals surface area contributed by atoms with Gasteiger partial charge < -0.3 is 28.4 Å². The van der Waals surface area contributed by atoms with Gasteiger partial charge in [0.15, 0.2) is 17.4 Å². The molecular formula is C36H60O7. The van der Waals surface area contributed by atoms with Gasteiger partial charge in [0.2, 0.25) is 0 Å². The van der Waals surface area contributed by atoms with E-state index >= 15 is 0 Å². The lowest BCUT2D eigenvalue weighted by atomic mass is 9.77. The highest BCUT2D eigenvalue weighted by Crippen LogP contribution is 2.47. The fourth-order valence-corrected chi connectivity index (χ4v) is 5.37. The van der Waals surface area contributed by atoms with Crippen LogP contribution in [0.2, 0.25) is 0 Å². The Labute approximate surface area is 262 Å². The summed E-state index contributed by atoms with van der Waals surface area (Å²) in [6, 6.07) is 7.45. The Bertz CT molecular complexity index is 907. The van der Waals surface area contributed by atoms with Gasteiger partial charge in [-0.3, -0.25) is 4.79 Å². The molecule has 0 bridgehead atoms. The average Bonchev–Trinajstić information content (AvgIpc) is 3.01. The molecule has 1 aromatic rings. The maximum Gasteiger partial charge on any atom is 0.200 e. The summed E-state index contributed by atoms with van der Waals surface area (Å²) in [5.74, 6) is -1.74. The largest absolute Gasteiger partial charge is 0.493 e. The maximum absolute atomic E-state index is 13.6. The number of carbonyl (C=O) groups excluding carboxylic acids is 1. The van der Waals surface area contributed by atoms with E-state index in [1.54, 1.807) is 13.2 Å². The minimum atomic E-state index is -1.08.